The first-order chi connectivity index (χ1) is 11.7. The number of hydrogen-bond donors (Lipinski definition) is 2. The highest BCUT2D eigenvalue weighted by molar-refractivity contribution is 7.92. The quantitative estimate of drug-likeness (QED) is 0.805. The van der Waals surface area contributed by atoms with Crippen LogP contribution < -0.4 is 10.2 Å². The van der Waals surface area contributed by atoms with Gasteiger partial charge in [0.25, 0.3) is 10.0 Å². The Morgan fingerprint density at radius 1 is 1.28 bits per heavy atom. The minimum absolute atomic E-state index is 0.0659. The second-order valence-corrected chi connectivity index (χ2v) is 7.74. The molecule has 1 saturated heterocycles. The van der Waals surface area contributed by atoms with Crippen LogP contribution in [0.3, 0.4) is 0 Å². The van der Waals surface area contributed by atoms with Gasteiger partial charge in [-0.25, -0.2) is 13.4 Å². The van der Waals surface area contributed by atoms with Gasteiger partial charge in [0.1, 0.15) is 11.3 Å². The Bertz CT molecular complexity index is 915. The van der Waals surface area contributed by atoms with Crippen LogP contribution in [0, 0.1) is 0 Å². The Kier molecular flexibility index (Phi) is 4.22. The summed E-state index contributed by atoms with van der Waals surface area (Å²) in [6, 6.07) is 9.25. The molecule has 1 aliphatic rings. The van der Waals surface area contributed by atoms with Gasteiger partial charge in [0.15, 0.2) is 0 Å². The Hall–Kier alpha value is -2.52. The van der Waals surface area contributed by atoms with Gasteiger partial charge in [-0.2, -0.15) is 0 Å². The van der Waals surface area contributed by atoms with E-state index in [2.05, 4.69) is 16.3 Å². The highest BCUT2D eigenvalue weighted by Gasteiger charge is 2.43. The van der Waals surface area contributed by atoms with Gasteiger partial charge in [-0.15, -0.1) is 0 Å². The third-order valence-electron chi connectivity index (χ3n) is 3.78. The SMILES string of the molecule is C=C1OB(c2cnc(O)c(NS(=O)(=O)c3ccccc3)c2)OC1(C)C. The monoisotopic (exact) mass is 360 g/mol. The van der Waals surface area contributed by atoms with Crippen molar-refractivity contribution in [1.82, 2.24) is 4.98 Å². The van der Waals surface area contributed by atoms with Crippen LogP contribution in [0.5, 0.6) is 5.88 Å². The van der Waals surface area contributed by atoms with Gasteiger partial charge in [0.2, 0.25) is 5.88 Å². The number of hydrogen-bond acceptors (Lipinski definition) is 6. The summed E-state index contributed by atoms with van der Waals surface area (Å²) < 4.78 is 38.4. The third-order valence-corrected chi connectivity index (χ3v) is 5.16. The molecule has 0 aliphatic carbocycles. The molecule has 130 valence electrons. The molecule has 0 saturated carbocycles. The van der Waals surface area contributed by atoms with Crippen LogP contribution in [0.15, 0.2) is 59.8 Å². The second kappa shape index (κ2) is 6.09. The van der Waals surface area contributed by atoms with Crippen molar-refractivity contribution in [2.24, 2.45) is 0 Å². The minimum atomic E-state index is -3.86. The Labute approximate surface area is 146 Å². The number of anilines is 1. The zero-order valence-corrected chi connectivity index (χ0v) is 14.6. The standard InChI is InChI=1S/C16H17BN2O5S/c1-11-16(2,3)24-17(23-11)12-9-14(15(20)18-10-12)19-25(21,22)13-7-5-4-6-8-13/h4-10,19H,1H2,2-3H3,(H,18,20). The number of aromatic nitrogens is 1. The number of pyridine rings is 1. The number of sulfonamides is 1. The molecule has 2 aromatic rings. The first kappa shape index (κ1) is 17.3. The largest absolute Gasteiger partial charge is 0.565 e. The molecule has 0 spiro atoms. The third kappa shape index (κ3) is 3.47. The first-order valence-corrected chi connectivity index (χ1v) is 8.98. The van der Waals surface area contributed by atoms with E-state index < -0.39 is 28.6 Å². The lowest BCUT2D eigenvalue weighted by Crippen LogP contribution is -2.35. The number of rotatable bonds is 4. The van der Waals surface area contributed by atoms with Crippen molar-refractivity contribution in [2.75, 3.05) is 4.72 Å². The normalized spacial score (nSPS) is 16.6. The molecule has 0 atom stereocenters. The summed E-state index contributed by atoms with van der Waals surface area (Å²) in [4.78, 5) is 3.89. The fourth-order valence-corrected chi connectivity index (χ4v) is 3.32. The van der Waals surface area contributed by atoms with Crippen LogP contribution in [-0.4, -0.2) is 31.2 Å². The maximum atomic E-state index is 12.4. The summed E-state index contributed by atoms with van der Waals surface area (Å²) in [6.07, 6.45) is 1.36. The zero-order valence-electron chi connectivity index (χ0n) is 13.8. The summed E-state index contributed by atoms with van der Waals surface area (Å²) in [5.74, 6) is 0.0105. The maximum absolute atomic E-state index is 12.4. The average Bonchev–Trinajstić information content (AvgIpc) is 2.83. The predicted molar refractivity (Wildman–Crippen MR) is 93.9 cm³/mol. The van der Waals surface area contributed by atoms with E-state index in [9.17, 15) is 13.5 Å². The van der Waals surface area contributed by atoms with E-state index in [0.717, 1.165) is 0 Å². The van der Waals surface area contributed by atoms with Gasteiger partial charge in [-0.1, -0.05) is 24.8 Å². The van der Waals surface area contributed by atoms with E-state index in [4.69, 9.17) is 9.31 Å². The average molecular weight is 360 g/mol. The van der Waals surface area contributed by atoms with Gasteiger partial charge in [0, 0.05) is 11.7 Å². The van der Waals surface area contributed by atoms with E-state index in [-0.39, 0.29) is 10.6 Å². The lowest BCUT2D eigenvalue weighted by atomic mass is 9.80. The Balaban J connectivity index is 1.90. The van der Waals surface area contributed by atoms with Crippen molar-refractivity contribution in [3.63, 3.8) is 0 Å². The fourth-order valence-electron chi connectivity index (χ4n) is 2.25. The molecule has 0 radical (unpaired) electrons. The van der Waals surface area contributed by atoms with E-state index in [0.29, 0.717) is 11.2 Å². The van der Waals surface area contributed by atoms with Crippen molar-refractivity contribution in [3.8, 4) is 5.88 Å². The predicted octanol–water partition coefficient (Wildman–Crippen LogP) is 1.62. The summed E-state index contributed by atoms with van der Waals surface area (Å²) in [6.45, 7) is 7.41. The number of nitrogens with one attached hydrogen (secondary N) is 1. The number of nitrogens with zero attached hydrogens (tertiary/aromatic N) is 1. The van der Waals surface area contributed by atoms with Crippen molar-refractivity contribution in [2.45, 2.75) is 24.3 Å². The highest BCUT2D eigenvalue weighted by Crippen LogP contribution is 2.30. The molecule has 3 rings (SSSR count). The van der Waals surface area contributed by atoms with Crippen molar-refractivity contribution in [3.05, 3.63) is 54.9 Å². The molecule has 2 heterocycles. The molecule has 1 fully saturated rings. The van der Waals surface area contributed by atoms with Gasteiger partial charge in [-0.3, -0.25) is 4.72 Å². The molecule has 2 N–H and O–H groups in total. The van der Waals surface area contributed by atoms with Gasteiger partial charge < -0.3 is 14.4 Å². The Morgan fingerprint density at radius 3 is 2.56 bits per heavy atom. The molecular formula is C16H17BN2O5S. The van der Waals surface area contributed by atoms with Crippen LogP contribution in [0.25, 0.3) is 0 Å². The minimum Gasteiger partial charge on any atom is -0.534 e. The molecule has 1 aromatic carbocycles. The topological polar surface area (TPSA) is 97.8 Å². The zero-order chi connectivity index (χ0) is 18.2. The highest BCUT2D eigenvalue weighted by atomic mass is 32.2. The molecule has 0 unspecified atom stereocenters. The molecule has 0 amide bonds. The smallest absolute Gasteiger partial charge is 0.534 e. The van der Waals surface area contributed by atoms with Gasteiger partial charge in [0.05, 0.1) is 10.7 Å². The summed E-state index contributed by atoms with van der Waals surface area (Å²) >= 11 is 0. The van der Waals surface area contributed by atoms with E-state index in [1.54, 1.807) is 18.2 Å². The summed E-state index contributed by atoms with van der Waals surface area (Å²) in [5, 5.41) is 9.91. The molecule has 25 heavy (non-hydrogen) atoms. The number of benzene rings is 1. The van der Waals surface area contributed by atoms with Crippen LogP contribution in [0.4, 0.5) is 5.69 Å². The first-order valence-electron chi connectivity index (χ1n) is 7.50. The summed E-state index contributed by atoms with van der Waals surface area (Å²) in [5.41, 5.74) is -0.286. The lowest BCUT2D eigenvalue weighted by Gasteiger charge is -2.15. The van der Waals surface area contributed by atoms with Crippen LogP contribution in [-0.2, 0) is 19.3 Å². The maximum Gasteiger partial charge on any atom is 0.565 e. The molecule has 1 aliphatic heterocycles. The molecule has 7 nitrogen and oxygen atoms in total. The van der Waals surface area contributed by atoms with E-state index in [1.807, 2.05) is 13.8 Å². The molecular weight excluding hydrogens is 343 g/mol. The lowest BCUT2D eigenvalue weighted by molar-refractivity contribution is 0.173. The van der Waals surface area contributed by atoms with E-state index >= 15 is 0 Å². The van der Waals surface area contributed by atoms with Crippen molar-refractivity contribution >= 4 is 28.3 Å². The molecule has 1 aromatic heterocycles. The van der Waals surface area contributed by atoms with Gasteiger partial charge >= 0.3 is 7.12 Å². The van der Waals surface area contributed by atoms with Crippen LogP contribution in [0.1, 0.15) is 13.8 Å². The number of aromatic hydroxyl groups is 1. The van der Waals surface area contributed by atoms with Gasteiger partial charge in [-0.05, 0) is 32.0 Å². The molecule has 0 bridgehead atoms. The van der Waals surface area contributed by atoms with Crippen molar-refractivity contribution < 1.29 is 22.8 Å². The molecule has 9 heteroatoms. The fraction of sp³-hybridized carbons (Fsp3) is 0.188. The van der Waals surface area contributed by atoms with Crippen LogP contribution >= 0.6 is 0 Å². The Morgan fingerprint density at radius 2 is 1.96 bits per heavy atom. The summed E-state index contributed by atoms with van der Waals surface area (Å²) in [7, 11) is -4.64. The van der Waals surface area contributed by atoms with E-state index in [1.165, 1.54) is 24.4 Å². The van der Waals surface area contributed by atoms with Crippen LogP contribution in [0.2, 0.25) is 0 Å². The second-order valence-electron chi connectivity index (χ2n) is 6.06. The van der Waals surface area contributed by atoms with Crippen molar-refractivity contribution in [1.29, 1.82) is 0 Å².